The summed E-state index contributed by atoms with van der Waals surface area (Å²) in [7, 11) is 1.52. The number of halogens is 6. The maximum absolute atomic E-state index is 13.5. The summed E-state index contributed by atoms with van der Waals surface area (Å²) in [5, 5.41) is 2.87. The van der Waals surface area contributed by atoms with Crippen LogP contribution in [0.1, 0.15) is 74.8 Å². The van der Waals surface area contributed by atoms with Crippen molar-refractivity contribution < 1.29 is 45.4 Å². The minimum atomic E-state index is -5.02. The van der Waals surface area contributed by atoms with Gasteiger partial charge in [0.15, 0.2) is 0 Å². The van der Waals surface area contributed by atoms with Crippen LogP contribution in [0.2, 0.25) is 0 Å². The number of ether oxygens (including phenoxy) is 2. The number of nitrogens with one attached hydrogen (secondary N) is 1. The van der Waals surface area contributed by atoms with E-state index in [2.05, 4.69) is 5.32 Å². The van der Waals surface area contributed by atoms with Gasteiger partial charge in [0.1, 0.15) is 11.9 Å². The fourth-order valence-electron chi connectivity index (χ4n) is 5.28. The molecule has 0 bridgehead atoms. The summed E-state index contributed by atoms with van der Waals surface area (Å²) in [6.45, 7) is 5.15. The lowest BCUT2D eigenvalue weighted by atomic mass is 9.86. The molecule has 228 valence electrons. The molecule has 0 saturated carbocycles. The van der Waals surface area contributed by atoms with Crippen LogP contribution in [-0.2, 0) is 21.9 Å². The van der Waals surface area contributed by atoms with Crippen LogP contribution in [-0.4, -0.2) is 36.6 Å². The first-order valence-corrected chi connectivity index (χ1v) is 13.6. The summed E-state index contributed by atoms with van der Waals surface area (Å²) in [5.41, 5.74) is -0.240. The van der Waals surface area contributed by atoms with E-state index < -0.39 is 41.7 Å². The number of hydrogen-bond acceptors (Lipinski definition) is 4. The number of carbonyl (C=O) groups is 2. The van der Waals surface area contributed by atoms with Crippen LogP contribution < -0.4 is 10.1 Å². The molecule has 4 rings (SSSR count). The fraction of sp³-hybridized carbons (Fsp3) is 0.467. The van der Waals surface area contributed by atoms with Crippen molar-refractivity contribution in [2.24, 2.45) is 5.92 Å². The second-order valence-corrected chi connectivity index (χ2v) is 10.9. The van der Waals surface area contributed by atoms with Crippen LogP contribution in [0.15, 0.2) is 42.0 Å². The standard InChI is InChI=1S/C30H32F6N2O4/c1-16(2)27(39)37-22-9-10-25(41-4)24(14-22)23-8-6-5-7-18(23)15-38-17(3)26(42-28(38)40)19-11-20(29(31,32)33)13-21(12-19)30(34,35)36/h9-14,16-17,26H,5-8,15H2,1-4H3,(H,37,39). The van der Waals surface area contributed by atoms with Gasteiger partial charge in [-0.25, -0.2) is 4.79 Å². The molecule has 2 amide bonds. The molecule has 12 heteroatoms. The first-order chi connectivity index (χ1) is 19.6. The number of alkyl halides is 6. The maximum atomic E-state index is 13.5. The highest BCUT2D eigenvalue weighted by molar-refractivity contribution is 5.93. The highest BCUT2D eigenvalue weighted by Gasteiger charge is 2.43. The van der Waals surface area contributed by atoms with E-state index in [1.54, 1.807) is 32.0 Å². The van der Waals surface area contributed by atoms with Gasteiger partial charge in [0.25, 0.3) is 0 Å². The molecule has 2 aromatic rings. The highest BCUT2D eigenvalue weighted by Crippen LogP contribution is 2.43. The Hall–Kier alpha value is -3.70. The van der Waals surface area contributed by atoms with Crippen molar-refractivity contribution in [1.29, 1.82) is 0 Å². The Balaban J connectivity index is 1.68. The minimum Gasteiger partial charge on any atom is -0.496 e. The second-order valence-electron chi connectivity index (χ2n) is 10.9. The molecule has 0 spiro atoms. The van der Waals surface area contributed by atoms with E-state index in [1.165, 1.54) is 18.9 Å². The lowest BCUT2D eigenvalue weighted by Gasteiger charge is -2.28. The van der Waals surface area contributed by atoms with Gasteiger partial charge in [-0.05, 0) is 85.7 Å². The number of anilines is 1. The Morgan fingerprint density at radius 1 is 1.02 bits per heavy atom. The average Bonchev–Trinajstić information content (AvgIpc) is 3.20. The van der Waals surface area contributed by atoms with E-state index in [1.807, 2.05) is 0 Å². The topological polar surface area (TPSA) is 67.9 Å². The highest BCUT2D eigenvalue weighted by atomic mass is 19.4. The van der Waals surface area contributed by atoms with Crippen LogP contribution in [0, 0.1) is 5.92 Å². The molecule has 2 aliphatic rings. The van der Waals surface area contributed by atoms with Gasteiger partial charge in [-0.3, -0.25) is 9.69 Å². The third-order valence-electron chi connectivity index (χ3n) is 7.59. The van der Waals surface area contributed by atoms with E-state index in [0.717, 1.165) is 29.6 Å². The maximum Gasteiger partial charge on any atom is 0.416 e. The number of carbonyl (C=O) groups excluding carboxylic acids is 2. The average molecular weight is 599 g/mol. The van der Waals surface area contributed by atoms with Crippen molar-refractivity contribution in [3.8, 4) is 5.75 Å². The number of methoxy groups -OCH3 is 1. The Morgan fingerprint density at radius 3 is 2.21 bits per heavy atom. The Morgan fingerprint density at radius 2 is 1.64 bits per heavy atom. The van der Waals surface area contributed by atoms with Crippen molar-refractivity contribution in [3.63, 3.8) is 0 Å². The van der Waals surface area contributed by atoms with Gasteiger partial charge in [0.2, 0.25) is 5.91 Å². The fourth-order valence-corrected chi connectivity index (χ4v) is 5.28. The summed E-state index contributed by atoms with van der Waals surface area (Å²) in [5.74, 6) is 0.164. The molecule has 2 atom stereocenters. The van der Waals surface area contributed by atoms with Crippen molar-refractivity contribution in [3.05, 3.63) is 64.2 Å². The summed E-state index contributed by atoms with van der Waals surface area (Å²) >= 11 is 0. The van der Waals surface area contributed by atoms with Gasteiger partial charge in [0, 0.05) is 23.7 Å². The Labute approximate surface area is 239 Å². The number of cyclic esters (lactones) is 1. The molecule has 1 aliphatic carbocycles. The van der Waals surface area contributed by atoms with E-state index in [0.29, 0.717) is 36.4 Å². The molecule has 2 aromatic carbocycles. The molecule has 1 N–H and O–H groups in total. The van der Waals surface area contributed by atoms with Gasteiger partial charge >= 0.3 is 18.4 Å². The largest absolute Gasteiger partial charge is 0.496 e. The van der Waals surface area contributed by atoms with Crippen LogP contribution in [0.4, 0.5) is 36.8 Å². The minimum absolute atomic E-state index is 0.0485. The summed E-state index contributed by atoms with van der Waals surface area (Å²) < 4.78 is 91.7. The molecular weight excluding hydrogens is 566 g/mol. The van der Waals surface area contributed by atoms with Gasteiger partial charge < -0.3 is 14.8 Å². The van der Waals surface area contributed by atoms with E-state index in [9.17, 15) is 35.9 Å². The predicted octanol–water partition coefficient (Wildman–Crippen LogP) is 8.24. The monoisotopic (exact) mass is 598 g/mol. The van der Waals surface area contributed by atoms with Crippen molar-refractivity contribution in [2.75, 3.05) is 19.0 Å². The summed E-state index contributed by atoms with van der Waals surface area (Å²) in [6.07, 6.45) is -9.26. The molecule has 1 aliphatic heterocycles. The number of rotatable bonds is 7. The zero-order chi connectivity index (χ0) is 31.0. The predicted molar refractivity (Wildman–Crippen MR) is 144 cm³/mol. The van der Waals surface area contributed by atoms with Gasteiger partial charge in [0.05, 0.1) is 24.3 Å². The van der Waals surface area contributed by atoms with Crippen LogP contribution >= 0.6 is 0 Å². The molecule has 1 saturated heterocycles. The smallest absolute Gasteiger partial charge is 0.416 e. The number of hydrogen-bond donors (Lipinski definition) is 1. The molecule has 0 radical (unpaired) electrons. The number of amides is 2. The third-order valence-corrected chi connectivity index (χ3v) is 7.59. The van der Waals surface area contributed by atoms with Crippen molar-refractivity contribution in [2.45, 2.75) is 71.0 Å². The van der Waals surface area contributed by atoms with Crippen LogP contribution in [0.3, 0.4) is 0 Å². The molecule has 2 unspecified atom stereocenters. The quantitative estimate of drug-likeness (QED) is 0.326. The van der Waals surface area contributed by atoms with E-state index in [-0.39, 0.29) is 30.0 Å². The van der Waals surface area contributed by atoms with Crippen molar-refractivity contribution in [1.82, 2.24) is 4.90 Å². The normalized spacial score (nSPS) is 19.8. The summed E-state index contributed by atoms with van der Waals surface area (Å²) in [4.78, 5) is 26.6. The number of allylic oxidation sites excluding steroid dienone is 1. The Bertz CT molecular complexity index is 1350. The molecule has 0 aromatic heterocycles. The molecule has 1 heterocycles. The van der Waals surface area contributed by atoms with Gasteiger partial charge in [-0.1, -0.05) is 13.8 Å². The van der Waals surface area contributed by atoms with Crippen LogP contribution in [0.5, 0.6) is 5.75 Å². The lowest BCUT2D eigenvalue weighted by Crippen LogP contribution is -2.34. The number of nitrogens with zero attached hydrogens (tertiary/aromatic N) is 1. The Kier molecular flexibility index (Phi) is 8.84. The van der Waals surface area contributed by atoms with E-state index >= 15 is 0 Å². The van der Waals surface area contributed by atoms with Gasteiger partial charge in [-0.2, -0.15) is 26.3 Å². The van der Waals surface area contributed by atoms with Crippen molar-refractivity contribution >= 4 is 23.3 Å². The summed E-state index contributed by atoms with van der Waals surface area (Å²) in [6, 6.07) is 5.65. The zero-order valence-electron chi connectivity index (χ0n) is 23.6. The lowest BCUT2D eigenvalue weighted by molar-refractivity contribution is -0.143. The van der Waals surface area contributed by atoms with Crippen LogP contribution in [0.25, 0.3) is 5.57 Å². The first kappa shape index (κ1) is 31.2. The third kappa shape index (κ3) is 6.68. The zero-order valence-corrected chi connectivity index (χ0v) is 23.6. The molecule has 1 fully saturated rings. The van der Waals surface area contributed by atoms with Gasteiger partial charge in [-0.15, -0.1) is 0 Å². The SMILES string of the molecule is COc1ccc(NC(=O)C(C)C)cc1C1=C(CN2C(=O)OC(c3cc(C(F)(F)F)cc(C(F)(F)F)c3)C2C)CCCC1. The first-order valence-electron chi connectivity index (χ1n) is 13.6. The molecule has 42 heavy (non-hydrogen) atoms. The van der Waals surface area contributed by atoms with E-state index in [4.69, 9.17) is 9.47 Å². The number of benzene rings is 2. The second kappa shape index (κ2) is 11.9. The molecular formula is C30H32F6N2O4. The molecule has 6 nitrogen and oxygen atoms in total.